The van der Waals surface area contributed by atoms with Crippen molar-refractivity contribution in [3.63, 3.8) is 0 Å². The Morgan fingerprint density at radius 3 is 2.67 bits per heavy atom. The summed E-state index contributed by atoms with van der Waals surface area (Å²) >= 11 is 5.80. The minimum atomic E-state index is 0.0174. The van der Waals surface area contributed by atoms with Crippen LogP contribution in [0.25, 0.3) is 0 Å². The van der Waals surface area contributed by atoms with Gasteiger partial charge in [0.25, 0.3) is 0 Å². The number of nitrogens with zero attached hydrogens (tertiary/aromatic N) is 1. The Hall–Kier alpha value is -1.10. The van der Waals surface area contributed by atoms with Crippen LogP contribution in [0.4, 0.5) is 0 Å². The largest absolute Gasteiger partial charge is 0.375 e. The van der Waals surface area contributed by atoms with E-state index in [0.29, 0.717) is 19.7 Å². The molecule has 1 aromatic carbocycles. The average Bonchev–Trinajstić information content (AvgIpc) is 2.30. The molecular weight excluding hydrogens is 254 g/mol. The molecule has 1 aliphatic rings. The molecule has 0 bridgehead atoms. The first-order valence-electron chi connectivity index (χ1n) is 5.82. The molecule has 1 amide bonds. The molecule has 0 N–H and O–H groups in total. The first-order chi connectivity index (χ1) is 8.69. The highest BCUT2D eigenvalue weighted by Crippen LogP contribution is 2.15. The molecule has 18 heavy (non-hydrogen) atoms. The van der Waals surface area contributed by atoms with E-state index in [0.717, 1.165) is 10.6 Å². The van der Waals surface area contributed by atoms with Gasteiger partial charge in [0.05, 0.1) is 12.7 Å². The Labute approximate surface area is 111 Å². The third-order valence-corrected chi connectivity index (χ3v) is 3.12. The number of ether oxygens (including phenoxy) is 2. The Bertz CT molecular complexity index is 401. The number of hydrogen-bond acceptors (Lipinski definition) is 3. The molecule has 0 aromatic heterocycles. The highest BCUT2D eigenvalue weighted by Gasteiger charge is 2.30. The Morgan fingerprint density at radius 1 is 1.39 bits per heavy atom. The number of benzene rings is 1. The molecule has 1 saturated heterocycles. The Kier molecular flexibility index (Phi) is 4.58. The monoisotopic (exact) mass is 269 g/mol. The molecule has 5 heteroatoms. The normalized spacial score (nSPS) is 15.6. The van der Waals surface area contributed by atoms with E-state index < -0.39 is 0 Å². The van der Waals surface area contributed by atoms with Gasteiger partial charge in [-0.15, -0.1) is 0 Å². The lowest BCUT2D eigenvalue weighted by atomic mass is 10.1. The van der Waals surface area contributed by atoms with Crippen molar-refractivity contribution in [2.75, 3.05) is 26.8 Å². The zero-order valence-electron chi connectivity index (χ0n) is 10.3. The van der Waals surface area contributed by atoms with Gasteiger partial charge in [0, 0.05) is 25.2 Å². The van der Waals surface area contributed by atoms with Gasteiger partial charge in [0.1, 0.15) is 6.61 Å². The van der Waals surface area contributed by atoms with Gasteiger partial charge in [-0.05, 0) is 17.7 Å². The molecule has 0 atom stereocenters. The molecule has 0 spiro atoms. The van der Waals surface area contributed by atoms with E-state index in [1.165, 1.54) is 7.11 Å². The fourth-order valence-electron chi connectivity index (χ4n) is 1.76. The Balaban J connectivity index is 1.68. The number of carbonyl (C=O) groups is 1. The minimum absolute atomic E-state index is 0.0174. The number of hydrogen-bond donors (Lipinski definition) is 0. The van der Waals surface area contributed by atoms with E-state index in [9.17, 15) is 4.79 Å². The molecule has 98 valence electrons. The highest BCUT2D eigenvalue weighted by molar-refractivity contribution is 6.30. The lowest BCUT2D eigenvalue weighted by Crippen LogP contribution is -2.55. The molecule has 2 rings (SSSR count). The van der Waals surface area contributed by atoms with Gasteiger partial charge in [-0.25, -0.2) is 0 Å². The second kappa shape index (κ2) is 6.18. The standard InChI is InChI=1S/C13H16ClNO3/c1-17-9-13(16)15-6-12(7-15)18-8-10-2-4-11(14)5-3-10/h2-5,12H,6-9H2,1H3. The third kappa shape index (κ3) is 3.45. The van der Waals surface area contributed by atoms with Crippen molar-refractivity contribution in [3.05, 3.63) is 34.9 Å². The maximum absolute atomic E-state index is 11.4. The summed E-state index contributed by atoms with van der Waals surface area (Å²) in [6.45, 7) is 1.99. The lowest BCUT2D eigenvalue weighted by Gasteiger charge is -2.38. The summed E-state index contributed by atoms with van der Waals surface area (Å²) in [7, 11) is 1.52. The van der Waals surface area contributed by atoms with Gasteiger partial charge in [0.15, 0.2) is 0 Å². The zero-order valence-corrected chi connectivity index (χ0v) is 11.0. The van der Waals surface area contributed by atoms with E-state index in [2.05, 4.69) is 0 Å². The van der Waals surface area contributed by atoms with E-state index in [1.54, 1.807) is 4.90 Å². The summed E-state index contributed by atoms with van der Waals surface area (Å²) in [5.74, 6) is 0.0174. The van der Waals surface area contributed by atoms with Crippen molar-refractivity contribution in [1.82, 2.24) is 4.90 Å². The SMILES string of the molecule is COCC(=O)N1CC(OCc2ccc(Cl)cc2)C1. The van der Waals surface area contributed by atoms with Crippen LogP contribution in [0.2, 0.25) is 5.02 Å². The molecule has 1 aromatic rings. The van der Waals surface area contributed by atoms with Crippen LogP contribution in [0.15, 0.2) is 24.3 Å². The van der Waals surface area contributed by atoms with E-state index in [1.807, 2.05) is 24.3 Å². The number of likely N-dealkylation sites (tertiary alicyclic amines) is 1. The molecule has 0 saturated carbocycles. The summed E-state index contributed by atoms with van der Waals surface area (Å²) in [6, 6.07) is 7.56. The quantitative estimate of drug-likeness (QED) is 0.817. The molecule has 4 nitrogen and oxygen atoms in total. The number of carbonyl (C=O) groups excluding carboxylic acids is 1. The van der Waals surface area contributed by atoms with Crippen LogP contribution in [0, 0.1) is 0 Å². The van der Waals surface area contributed by atoms with Crippen molar-refractivity contribution < 1.29 is 14.3 Å². The van der Waals surface area contributed by atoms with Gasteiger partial charge in [-0.1, -0.05) is 23.7 Å². The lowest BCUT2D eigenvalue weighted by molar-refractivity contribution is -0.149. The fraction of sp³-hybridized carbons (Fsp3) is 0.462. The first-order valence-corrected chi connectivity index (χ1v) is 6.19. The van der Waals surface area contributed by atoms with Gasteiger partial charge < -0.3 is 14.4 Å². The van der Waals surface area contributed by atoms with Crippen LogP contribution in [0.5, 0.6) is 0 Å². The molecule has 0 unspecified atom stereocenters. The maximum Gasteiger partial charge on any atom is 0.248 e. The van der Waals surface area contributed by atoms with Crippen molar-refractivity contribution in [2.24, 2.45) is 0 Å². The molecular formula is C13H16ClNO3. The molecule has 0 aliphatic carbocycles. The van der Waals surface area contributed by atoms with Gasteiger partial charge in [0.2, 0.25) is 5.91 Å². The highest BCUT2D eigenvalue weighted by atomic mass is 35.5. The zero-order chi connectivity index (χ0) is 13.0. The van der Waals surface area contributed by atoms with Crippen LogP contribution in [-0.2, 0) is 20.9 Å². The predicted molar refractivity (Wildman–Crippen MR) is 68.5 cm³/mol. The number of methoxy groups -OCH3 is 1. The van der Waals surface area contributed by atoms with Crippen LogP contribution >= 0.6 is 11.6 Å². The first kappa shape index (κ1) is 13.3. The van der Waals surface area contributed by atoms with Gasteiger partial charge >= 0.3 is 0 Å². The third-order valence-electron chi connectivity index (χ3n) is 2.87. The van der Waals surface area contributed by atoms with Gasteiger partial charge in [-0.3, -0.25) is 4.79 Å². The summed E-state index contributed by atoms with van der Waals surface area (Å²) < 4.78 is 10.5. The number of amides is 1. The van der Waals surface area contributed by atoms with Crippen LogP contribution < -0.4 is 0 Å². The number of halogens is 1. The van der Waals surface area contributed by atoms with Crippen molar-refractivity contribution in [2.45, 2.75) is 12.7 Å². The van der Waals surface area contributed by atoms with Crippen LogP contribution in [-0.4, -0.2) is 43.7 Å². The molecule has 1 aliphatic heterocycles. The second-order valence-corrected chi connectivity index (χ2v) is 4.73. The summed E-state index contributed by atoms with van der Waals surface area (Å²) in [4.78, 5) is 13.1. The molecule has 1 heterocycles. The fourth-order valence-corrected chi connectivity index (χ4v) is 1.88. The van der Waals surface area contributed by atoms with Crippen LogP contribution in [0.1, 0.15) is 5.56 Å². The molecule has 1 fully saturated rings. The minimum Gasteiger partial charge on any atom is -0.375 e. The Morgan fingerprint density at radius 2 is 2.06 bits per heavy atom. The van der Waals surface area contributed by atoms with Crippen molar-refractivity contribution >= 4 is 17.5 Å². The van der Waals surface area contributed by atoms with E-state index >= 15 is 0 Å². The second-order valence-electron chi connectivity index (χ2n) is 4.29. The summed E-state index contributed by atoms with van der Waals surface area (Å²) in [6.07, 6.45) is 0.126. The van der Waals surface area contributed by atoms with E-state index in [4.69, 9.17) is 21.1 Å². The predicted octanol–water partition coefficient (Wildman–Crippen LogP) is 1.71. The van der Waals surface area contributed by atoms with Crippen molar-refractivity contribution in [1.29, 1.82) is 0 Å². The summed E-state index contributed by atoms with van der Waals surface area (Å²) in [5, 5.41) is 0.721. The van der Waals surface area contributed by atoms with Gasteiger partial charge in [-0.2, -0.15) is 0 Å². The topological polar surface area (TPSA) is 38.8 Å². The van der Waals surface area contributed by atoms with E-state index in [-0.39, 0.29) is 18.6 Å². The maximum atomic E-state index is 11.4. The number of rotatable bonds is 5. The molecule has 0 radical (unpaired) electrons. The smallest absolute Gasteiger partial charge is 0.248 e. The van der Waals surface area contributed by atoms with Crippen molar-refractivity contribution in [3.8, 4) is 0 Å². The van der Waals surface area contributed by atoms with Crippen LogP contribution in [0.3, 0.4) is 0 Å². The summed E-state index contributed by atoms with van der Waals surface area (Å²) in [5.41, 5.74) is 1.08. The average molecular weight is 270 g/mol.